The molecule has 9 heteroatoms. The number of carbonyl (C=O) groups is 3. The molecule has 154 valence electrons. The van der Waals surface area contributed by atoms with Crippen LogP contribution in [0.3, 0.4) is 0 Å². The molecule has 0 atom stereocenters. The third-order valence-electron chi connectivity index (χ3n) is 3.92. The number of anilines is 1. The number of Topliss-reactive ketones (excluding diaryl/α,β-unsaturated/α-hetero) is 1. The molecule has 0 fully saturated rings. The summed E-state index contributed by atoms with van der Waals surface area (Å²) < 4.78 is 36.5. The fourth-order valence-corrected chi connectivity index (χ4v) is 2.48. The first-order valence-corrected chi connectivity index (χ1v) is 8.80. The van der Waals surface area contributed by atoms with E-state index in [0.29, 0.717) is 12.2 Å². The highest BCUT2D eigenvalue weighted by Crippen LogP contribution is 2.18. The summed E-state index contributed by atoms with van der Waals surface area (Å²) in [6.07, 6.45) is -5.04. The number of hydrogen-bond acceptors (Lipinski definition) is 3. The SMILES string of the molecule is CCNC(=O)N(Cc1ccc(C(=O)CNC(=O)C(F)(F)F)cc1)c1ccccc1. The van der Waals surface area contributed by atoms with Crippen molar-refractivity contribution in [2.24, 2.45) is 0 Å². The Hall–Kier alpha value is -3.36. The number of nitrogens with zero attached hydrogens (tertiary/aromatic N) is 1. The van der Waals surface area contributed by atoms with Gasteiger partial charge < -0.3 is 10.6 Å². The van der Waals surface area contributed by atoms with Gasteiger partial charge in [0, 0.05) is 17.8 Å². The number of hydrogen-bond donors (Lipinski definition) is 2. The fraction of sp³-hybridized carbons (Fsp3) is 0.250. The molecule has 6 nitrogen and oxygen atoms in total. The molecule has 3 amide bonds. The second kappa shape index (κ2) is 9.72. The van der Waals surface area contributed by atoms with Crippen LogP contribution in [0, 0.1) is 0 Å². The zero-order valence-corrected chi connectivity index (χ0v) is 15.6. The molecular weight excluding hydrogens is 387 g/mol. The Morgan fingerprint density at radius 3 is 2.10 bits per heavy atom. The number of ketones is 1. The van der Waals surface area contributed by atoms with E-state index in [-0.39, 0.29) is 18.1 Å². The van der Waals surface area contributed by atoms with Gasteiger partial charge in [-0.25, -0.2) is 4.79 Å². The van der Waals surface area contributed by atoms with Crippen LogP contribution in [0.2, 0.25) is 0 Å². The van der Waals surface area contributed by atoms with E-state index in [1.165, 1.54) is 17.0 Å². The average Bonchev–Trinajstić information content (AvgIpc) is 2.70. The molecule has 2 aromatic rings. The minimum Gasteiger partial charge on any atom is -0.341 e. The minimum atomic E-state index is -5.04. The van der Waals surface area contributed by atoms with E-state index < -0.39 is 24.4 Å². The Balaban J connectivity index is 2.07. The Morgan fingerprint density at radius 2 is 1.55 bits per heavy atom. The van der Waals surface area contributed by atoms with Crippen LogP contribution in [0.5, 0.6) is 0 Å². The normalized spacial score (nSPS) is 10.9. The summed E-state index contributed by atoms with van der Waals surface area (Å²) >= 11 is 0. The molecule has 0 aliphatic rings. The molecule has 0 aliphatic carbocycles. The molecule has 0 saturated heterocycles. The fourth-order valence-electron chi connectivity index (χ4n) is 2.48. The highest BCUT2D eigenvalue weighted by Gasteiger charge is 2.38. The predicted molar refractivity (Wildman–Crippen MR) is 102 cm³/mol. The number of benzene rings is 2. The number of para-hydroxylation sites is 1. The zero-order chi connectivity index (χ0) is 21.4. The summed E-state index contributed by atoms with van der Waals surface area (Å²) in [5.74, 6) is -2.82. The van der Waals surface area contributed by atoms with Gasteiger partial charge in [0.05, 0.1) is 13.1 Å². The van der Waals surface area contributed by atoms with Crippen molar-refractivity contribution >= 4 is 23.4 Å². The highest BCUT2D eigenvalue weighted by atomic mass is 19.4. The van der Waals surface area contributed by atoms with Crippen LogP contribution < -0.4 is 15.5 Å². The van der Waals surface area contributed by atoms with Gasteiger partial charge in [-0.05, 0) is 24.6 Å². The van der Waals surface area contributed by atoms with E-state index in [1.807, 2.05) is 6.07 Å². The van der Waals surface area contributed by atoms with Crippen molar-refractivity contribution in [1.82, 2.24) is 10.6 Å². The quantitative estimate of drug-likeness (QED) is 0.692. The molecule has 0 spiro atoms. The molecule has 0 aromatic heterocycles. The second-order valence-electron chi connectivity index (χ2n) is 6.06. The molecular formula is C20H20F3N3O3. The van der Waals surface area contributed by atoms with E-state index >= 15 is 0 Å². The third-order valence-corrected chi connectivity index (χ3v) is 3.92. The summed E-state index contributed by atoms with van der Waals surface area (Å²) in [6, 6.07) is 14.8. The average molecular weight is 407 g/mol. The van der Waals surface area contributed by atoms with Crippen LogP contribution in [0.1, 0.15) is 22.8 Å². The van der Waals surface area contributed by atoms with Gasteiger partial charge in [-0.15, -0.1) is 0 Å². The van der Waals surface area contributed by atoms with E-state index in [0.717, 1.165) is 5.56 Å². The van der Waals surface area contributed by atoms with Gasteiger partial charge >= 0.3 is 18.1 Å². The summed E-state index contributed by atoms with van der Waals surface area (Å²) in [5, 5.41) is 4.28. The van der Waals surface area contributed by atoms with Crippen LogP contribution >= 0.6 is 0 Å². The molecule has 0 aliphatic heterocycles. The largest absolute Gasteiger partial charge is 0.471 e. The zero-order valence-electron chi connectivity index (χ0n) is 15.6. The Kier molecular flexibility index (Phi) is 7.35. The van der Waals surface area contributed by atoms with E-state index in [9.17, 15) is 27.6 Å². The van der Waals surface area contributed by atoms with Gasteiger partial charge in [0.15, 0.2) is 5.78 Å². The van der Waals surface area contributed by atoms with Crippen molar-refractivity contribution in [3.63, 3.8) is 0 Å². The van der Waals surface area contributed by atoms with Gasteiger partial charge in [0.2, 0.25) is 0 Å². The lowest BCUT2D eigenvalue weighted by atomic mass is 10.1. The summed E-state index contributed by atoms with van der Waals surface area (Å²) in [4.78, 5) is 36.7. The monoisotopic (exact) mass is 407 g/mol. The van der Waals surface area contributed by atoms with Crippen molar-refractivity contribution in [3.8, 4) is 0 Å². The second-order valence-corrected chi connectivity index (χ2v) is 6.06. The summed E-state index contributed by atoms with van der Waals surface area (Å²) in [5.41, 5.74) is 1.56. The lowest BCUT2D eigenvalue weighted by molar-refractivity contribution is -0.173. The maximum absolute atomic E-state index is 12.4. The number of urea groups is 1. The van der Waals surface area contributed by atoms with E-state index in [2.05, 4.69) is 5.32 Å². The van der Waals surface area contributed by atoms with Crippen LogP contribution in [0.4, 0.5) is 23.7 Å². The van der Waals surface area contributed by atoms with E-state index in [4.69, 9.17) is 0 Å². The van der Waals surface area contributed by atoms with Gasteiger partial charge in [-0.2, -0.15) is 13.2 Å². The number of halogens is 3. The predicted octanol–water partition coefficient (Wildman–Crippen LogP) is 3.28. The molecule has 0 heterocycles. The van der Waals surface area contributed by atoms with Crippen molar-refractivity contribution in [2.45, 2.75) is 19.6 Å². The van der Waals surface area contributed by atoms with Gasteiger partial charge in [0.25, 0.3) is 0 Å². The maximum Gasteiger partial charge on any atom is 0.471 e. The van der Waals surface area contributed by atoms with Crippen LogP contribution in [-0.4, -0.2) is 37.0 Å². The first kappa shape index (κ1) is 21.9. The van der Waals surface area contributed by atoms with Crippen molar-refractivity contribution < 1.29 is 27.6 Å². The van der Waals surface area contributed by atoms with Crippen LogP contribution in [-0.2, 0) is 11.3 Å². The first-order valence-electron chi connectivity index (χ1n) is 8.80. The maximum atomic E-state index is 12.4. The molecule has 29 heavy (non-hydrogen) atoms. The van der Waals surface area contributed by atoms with E-state index in [1.54, 1.807) is 48.6 Å². The molecule has 2 rings (SSSR count). The Bertz CT molecular complexity index is 853. The first-order chi connectivity index (χ1) is 13.7. The molecule has 0 saturated carbocycles. The Morgan fingerprint density at radius 1 is 0.931 bits per heavy atom. The highest BCUT2D eigenvalue weighted by molar-refractivity contribution is 5.99. The lowest BCUT2D eigenvalue weighted by Crippen LogP contribution is -2.39. The number of rotatable bonds is 7. The van der Waals surface area contributed by atoms with Gasteiger partial charge in [-0.3, -0.25) is 14.5 Å². The number of carbonyl (C=O) groups excluding carboxylic acids is 3. The summed E-state index contributed by atoms with van der Waals surface area (Å²) in [6.45, 7) is 1.74. The molecule has 0 bridgehead atoms. The molecule has 0 radical (unpaired) electrons. The van der Waals surface area contributed by atoms with Gasteiger partial charge in [-0.1, -0.05) is 42.5 Å². The smallest absolute Gasteiger partial charge is 0.341 e. The van der Waals surface area contributed by atoms with Crippen molar-refractivity contribution in [3.05, 3.63) is 65.7 Å². The number of nitrogens with one attached hydrogen (secondary N) is 2. The summed E-state index contributed by atoms with van der Waals surface area (Å²) in [7, 11) is 0. The van der Waals surface area contributed by atoms with Gasteiger partial charge in [0.1, 0.15) is 0 Å². The molecule has 2 aromatic carbocycles. The molecule has 2 N–H and O–H groups in total. The lowest BCUT2D eigenvalue weighted by Gasteiger charge is -2.23. The number of alkyl halides is 3. The van der Waals surface area contributed by atoms with Crippen LogP contribution in [0.15, 0.2) is 54.6 Å². The third kappa shape index (κ3) is 6.34. The standard InChI is InChI=1S/C20H20F3N3O3/c1-2-24-19(29)26(16-6-4-3-5-7-16)13-14-8-10-15(11-9-14)17(27)12-25-18(28)20(21,22)23/h3-11H,2,12-13H2,1H3,(H,24,29)(H,25,28). The van der Waals surface area contributed by atoms with Crippen molar-refractivity contribution in [2.75, 3.05) is 18.0 Å². The topological polar surface area (TPSA) is 78.5 Å². The minimum absolute atomic E-state index is 0.153. The van der Waals surface area contributed by atoms with Crippen LogP contribution in [0.25, 0.3) is 0 Å². The Labute approximate surface area is 165 Å². The molecule has 0 unspecified atom stereocenters. The number of amides is 3. The van der Waals surface area contributed by atoms with Crippen molar-refractivity contribution in [1.29, 1.82) is 0 Å².